The predicted octanol–water partition coefficient (Wildman–Crippen LogP) is 2.79. The number of rotatable bonds is 4. The molecule has 0 aliphatic carbocycles. The van der Waals surface area contributed by atoms with Crippen molar-refractivity contribution in [3.63, 3.8) is 0 Å². The molecule has 0 saturated carbocycles. The fourth-order valence-electron chi connectivity index (χ4n) is 2.37. The van der Waals surface area contributed by atoms with Gasteiger partial charge in [0.1, 0.15) is 0 Å². The highest BCUT2D eigenvalue weighted by Gasteiger charge is 2.30. The normalized spacial score (nSPS) is 15.0. The number of carbonyl (C=O) groups excluding carboxylic acids is 2. The number of imide groups is 1. The van der Waals surface area contributed by atoms with E-state index in [1.165, 1.54) is 24.3 Å². The summed E-state index contributed by atoms with van der Waals surface area (Å²) in [4.78, 5) is 24.5. The summed E-state index contributed by atoms with van der Waals surface area (Å²) in [5.74, 6) is -0.565. The lowest BCUT2D eigenvalue weighted by atomic mass is 10.3. The lowest BCUT2D eigenvalue weighted by molar-refractivity contribution is -0.121. The van der Waals surface area contributed by atoms with Crippen LogP contribution in [-0.4, -0.2) is 20.2 Å². The summed E-state index contributed by atoms with van der Waals surface area (Å²) in [7, 11) is -3.77. The zero-order valence-corrected chi connectivity index (χ0v) is 14.0. The van der Waals surface area contributed by atoms with Crippen LogP contribution in [0.3, 0.4) is 0 Å². The third-order valence-electron chi connectivity index (χ3n) is 3.55. The molecule has 8 heteroatoms. The molecule has 1 fully saturated rings. The van der Waals surface area contributed by atoms with Crippen molar-refractivity contribution in [2.75, 3.05) is 9.62 Å². The second-order valence-corrected chi connectivity index (χ2v) is 7.35. The molecule has 0 unspecified atom stereocenters. The van der Waals surface area contributed by atoms with Crippen molar-refractivity contribution in [1.29, 1.82) is 0 Å². The number of nitrogens with zero attached hydrogens (tertiary/aromatic N) is 1. The van der Waals surface area contributed by atoms with Gasteiger partial charge in [0.2, 0.25) is 11.8 Å². The largest absolute Gasteiger partial charge is 0.280 e. The van der Waals surface area contributed by atoms with E-state index in [-0.39, 0.29) is 29.6 Å². The number of benzene rings is 2. The first-order valence-corrected chi connectivity index (χ1v) is 8.97. The zero-order valence-electron chi connectivity index (χ0n) is 12.4. The first-order valence-electron chi connectivity index (χ1n) is 7.11. The summed E-state index contributed by atoms with van der Waals surface area (Å²) in [6.45, 7) is 0. The summed E-state index contributed by atoms with van der Waals surface area (Å²) < 4.78 is 27.1. The highest BCUT2D eigenvalue weighted by molar-refractivity contribution is 7.92. The quantitative estimate of drug-likeness (QED) is 0.845. The average Bonchev–Trinajstić information content (AvgIpc) is 2.88. The first kappa shape index (κ1) is 16.5. The van der Waals surface area contributed by atoms with Gasteiger partial charge in [0.05, 0.1) is 10.6 Å². The lowest BCUT2D eigenvalue weighted by Gasteiger charge is -2.14. The SMILES string of the molecule is O=C1CCC(=O)N1c1ccc(S(=O)(=O)Nc2ccc(Cl)cc2)cc1. The van der Waals surface area contributed by atoms with Gasteiger partial charge in [0, 0.05) is 23.6 Å². The molecule has 2 aromatic rings. The highest BCUT2D eigenvalue weighted by atomic mass is 35.5. The van der Waals surface area contributed by atoms with Gasteiger partial charge < -0.3 is 0 Å². The van der Waals surface area contributed by atoms with Crippen molar-refractivity contribution in [1.82, 2.24) is 0 Å². The maximum atomic E-state index is 12.4. The number of carbonyl (C=O) groups is 2. The Morgan fingerprint density at radius 2 is 1.42 bits per heavy atom. The Hall–Kier alpha value is -2.38. The van der Waals surface area contributed by atoms with Crippen LogP contribution in [0.15, 0.2) is 53.4 Å². The molecule has 2 amide bonds. The van der Waals surface area contributed by atoms with Gasteiger partial charge in [0.25, 0.3) is 10.0 Å². The van der Waals surface area contributed by atoms with E-state index in [2.05, 4.69) is 4.72 Å². The van der Waals surface area contributed by atoms with Gasteiger partial charge in [-0.1, -0.05) is 11.6 Å². The highest BCUT2D eigenvalue weighted by Crippen LogP contribution is 2.25. The molecule has 0 aromatic heterocycles. The molecule has 1 aliphatic heterocycles. The Morgan fingerprint density at radius 1 is 0.875 bits per heavy atom. The molecule has 0 spiro atoms. The molecule has 1 N–H and O–H groups in total. The van der Waals surface area contributed by atoms with Crippen LogP contribution in [0.4, 0.5) is 11.4 Å². The number of hydrogen-bond donors (Lipinski definition) is 1. The molecular formula is C16H13ClN2O4S. The molecule has 2 aromatic carbocycles. The van der Waals surface area contributed by atoms with E-state index in [0.717, 1.165) is 4.90 Å². The van der Waals surface area contributed by atoms with Gasteiger partial charge >= 0.3 is 0 Å². The van der Waals surface area contributed by atoms with Crippen LogP contribution >= 0.6 is 11.6 Å². The van der Waals surface area contributed by atoms with Gasteiger partial charge in [-0.05, 0) is 48.5 Å². The number of anilines is 2. The minimum atomic E-state index is -3.77. The van der Waals surface area contributed by atoms with Crippen LogP contribution in [0.2, 0.25) is 5.02 Å². The van der Waals surface area contributed by atoms with E-state index >= 15 is 0 Å². The molecule has 3 rings (SSSR count). The van der Waals surface area contributed by atoms with Crippen LogP contribution in [0, 0.1) is 0 Å². The molecule has 1 aliphatic rings. The summed E-state index contributed by atoms with van der Waals surface area (Å²) in [6, 6.07) is 11.8. The monoisotopic (exact) mass is 364 g/mol. The molecule has 24 heavy (non-hydrogen) atoms. The maximum Gasteiger partial charge on any atom is 0.261 e. The lowest BCUT2D eigenvalue weighted by Crippen LogP contribution is -2.28. The third kappa shape index (κ3) is 3.27. The second-order valence-electron chi connectivity index (χ2n) is 5.23. The zero-order chi connectivity index (χ0) is 17.3. The van der Waals surface area contributed by atoms with Gasteiger partial charge in [-0.25, -0.2) is 8.42 Å². The molecule has 124 valence electrons. The summed E-state index contributed by atoms with van der Waals surface area (Å²) in [5.41, 5.74) is 0.751. The van der Waals surface area contributed by atoms with Crippen molar-refractivity contribution in [3.8, 4) is 0 Å². The summed E-state index contributed by atoms with van der Waals surface area (Å²) in [6.07, 6.45) is 0.355. The fraction of sp³-hybridized carbons (Fsp3) is 0.125. The van der Waals surface area contributed by atoms with E-state index in [4.69, 9.17) is 11.6 Å². The van der Waals surface area contributed by atoms with E-state index < -0.39 is 10.0 Å². The van der Waals surface area contributed by atoms with Crippen molar-refractivity contribution in [2.24, 2.45) is 0 Å². The fourth-order valence-corrected chi connectivity index (χ4v) is 3.56. The Bertz CT molecular complexity index is 877. The molecule has 1 heterocycles. The van der Waals surface area contributed by atoms with Crippen LogP contribution in [-0.2, 0) is 19.6 Å². The molecule has 0 atom stereocenters. The van der Waals surface area contributed by atoms with Crippen molar-refractivity contribution in [3.05, 3.63) is 53.6 Å². The topological polar surface area (TPSA) is 83.6 Å². The van der Waals surface area contributed by atoms with Crippen molar-refractivity contribution in [2.45, 2.75) is 17.7 Å². The molecule has 6 nitrogen and oxygen atoms in total. The number of sulfonamides is 1. The van der Waals surface area contributed by atoms with Gasteiger partial charge in [-0.3, -0.25) is 19.2 Å². The van der Waals surface area contributed by atoms with E-state index in [1.54, 1.807) is 24.3 Å². The number of amides is 2. The second kappa shape index (κ2) is 6.26. The third-order valence-corrected chi connectivity index (χ3v) is 5.20. The summed E-state index contributed by atoms with van der Waals surface area (Å²) >= 11 is 5.77. The first-order chi connectivity index (χ1) is 11.4. The van der Waals surface area contributed by atoms with Crippen LogP contribution in [0.25, 0.3) is 0 Å². The van der Waals surface area contributed by atoms with Crippen LogP contribution < -0.4 is 9.62 Å². The minimum absolute atomic E-state index is 0.0281. The van der Waals surface area contributed by atoms with Crippen molar-refractivity contribution < 1.29 is 18.0 Å². The number of hydrogen-bond acceptors (Lipinski definition) is 4. The Balaban J connectivity index is 1.83. The molecule has 0 bridgehead atoms. The minimum Gasteiger partial charge on any atom is -0.280 e. The smallest absolute Gasteiger partial charge is 0.261 e. The molecule has 1 saturated heterocycles. The maximum absolute atomic E-state index is 12.4. The Kier molecular flexibility index (Phi) is 4.29. The standard InChI is InChI=1S/C16H13ClN2O4S/c17-11-1-3-12(4-2-11)18-24(22,23)14-7-5-13(6-8-14)19-15(20)9-10-16(19)21/h1-8,18H,9-10H2. The molecule has 0 radical (unpaired) electrons. The number of halogens is 1. The molecular weight excluding hydrogens is 352 g/mol. The summed E-state index contributed by atoms with van der Waals surface area (Å²) in [5, 5.41) is 0.502. The van der Waals surface area contributed by atoms with Crippen LogP contribution in [0.5, 0.6) is 0 Å². The van der Waals surface area contributed by atoms with Crippen LogP contribution in [0.1, 0.15) is 12.8 Å². The van der Waals surface area contributed by atoms with Gasteiger partial charge in [-0.2, -0.15) is 0 Å². The van der Waals surface area contributed by atoms with E-state index in [9.17, 15) is 18.0 Å². The predicted molar refractivity (Wildman–Crippen MR) is 90.4 cm³/mol. The Morgan fingerprint density at radius 3 is 1.96 bits per heavy atom. The average molecular weight is 365 g/mol. The van der Waals surface area contributed by atoms with Gasteiger partial charge in [-0.15, -0.1) is 0 Å². The van der Waals surface area contributed by atoms with E-state index in [1.807, 2.05) is 0 Å². The van der Waals surface area contributed by atoms with Crippen molar-refractivity contribution >= 4 is 44.8 Å². The number of nitrogens with one attached hydrogen (secondary N) is 1. The Labute approximate surface area is 144 Å². The van der Waals surface area contributed by atoms with E-state index in [0.29, 0.717) is 16.4 Å². The van der Waals surface area contributed by atoms with Gasteiger partial charge in [0.15, 0.2) is 0 Å².